The summed E-state index contributed by atoms with van der Waals surface area (Å²) < 4.78 is 1.90. The van der Waals surface area contributed by atoms with Crippen molar-refractivity contribution in [1.82, 2.24) is 24.8 Å². The molecule has 0 spiro atoms. The van der Waals surface area contributed by atoms with Crippen LogP contribution in [-0.4, -0.2) is 32.1 Å². The van der Waals surface area contributed by atoms with Gasteiger partial charge in [-0.05, 0) is 24.6 Å². The molecule has 0 radical (unpaired) electrons. The third-order valence-electron chi connectivity index (χ3n) is 4.42. The van der Waals surface area contributed by atoms with E-state index in [9.17, 15) is 4.79 Å². The molecular formula is C18H18ClN5O. The predicted molar refractivity (Wildman–Crippen MR) is 95.5 cm³/mol. The van der Waals surface area contributed by atoms with E-state index in [-0.39, 0.29) is 6.03 Å². The molecule has 1 aromatic carbocycles. The number of urea groups is 1. The Balaban J connectivity index is 1.45. The zero-order valence-corrected chi connectivity index (χ0v) is 14.6. The number of carbonyl (C=O) groups excluding carboxylic acids is 1. The molecule has 4 rings (SSSR count). The highest BCUT2D eigenvalue weighted by atomic mass is 35.5. The highest BCUT2D eigenvalue weighted by molar-refractivity contribution is 6.30. The van der Waals surface area contributed by atoms with Gasteiger partial charge in [0.2, 0.25) is 0 Å². The second kappa shape index (κ2) is 6.37. The van der Waals surface area contributed by atoms with Crippen LogP contribution in [0.5, 0.6) is 0 Å². The average molecular weight is 356 g/mol. The van der Waals surface area contributed by atoms with Gasteiger partial charge in [-0.1, -0.05) is 23.7 Å². The summed E-state index contributed by atoms with van der Waals surface area (Å²) in [6.07, 6.45) is 2.62. The second-order valence-electron chi connectivity index (χ2n) is 6.24. The Labute approximate surface area is 150 Å². The maximum atomic E-state index is 12.5. The highest BCUT2D eigenvalue weighted by Gasteiger charge is 2.23. The molecule has 0 aliphatic carbocycles. The average Bonchev–Trinajstić information content (AvgIpc) is 3.01. The summed E-state index contributed by atoms with van der Waals surface area (Å²) in [7, 11) is 0. The lowest BCUT2D eigenvalue weighted by atomic mass is 10.1. The number of nitrogens with one attached hydrogen (secondary N) is 1. The fourth-order valence-electron chi connectivity index (χ4n) is 3.12. The van der Waals surface area contributed by atoms with Gasteiger partial charge < -0.3 is 10.2 Å². The van der Waals surface area contributed by atoms with E-state index in [1.807, 2.05) is 52.9 Å². The maximum absolute atomic E-state index is 12.5. The van der Waals surface area contributed by atoms with Gasteiger partial charge in [-0.25, -0.2) is 14.3 Å². The van der Waals surface area contributed by atoms with E-state index in [0.29, 0.717) is 24.7 Å². The number of carbonyl (C=O) groups is 1. The molecule has 2 amide bonds. The number of fused-ring (bicyclic) bond motifs is 3. The normalized spacial score (nSPS) is 13.8. The van der Waals surface area contributed by atoms with Crippen molar-refractivity contribution in [2.75, 3.05) is 6.54 Å². The summed E-state index contributed by atoms with van der Waals surface area (Å²) in [6, 6.07) is 9.36. The van der Waals surface area contributed by atoms with Crippen LogP contribution >= 0.6 is 11.6 Å². The Morgan fingerprint density at radius 2 is 2.12 bits per heavy atom. The minimum atomic E-state index is -0.0719. The molecule has 1 aliphatic heterocycles. The molecule has 25 heavy (non-hydrogen) atoms. The number of nitrogens with zero attached hydrogens (tertiary/aromatic N) is 4. The Morgan fingerprint density at radius 3 is 2.92 bits per heavy atom. The van der Waals surface area contributed by atoms with E-state index in [0.717, 1.165) is 34.6 Å². The first-order valence-corrected chi connectivity index (χ1v) is 8.58. The van der Waals surface area contributed by atoms with Crippen LogP contribution in [0, 0.1) is 6.92 Å². The van der Waals surface area contributed by atoms with Crippen LogP contribution in [-0.2, 0) is 19.5 Å². The SMILES string of the molecule is Cc1cc2ncc3c(n2n1)CCN(C(=O)NCc1ccc(Cl)cc1)C3. The van der Waals surface area contributed by atoms with Crippen LogP contribution in [0.15, 0.2) is 36.5 Å². The van der Waals surface area contributed by atoms with Crippen molar-refractivity contribution in [3.05, 3.63) is 64.1 Å². The highest BCUT2D eigenvalue weighted by Crippen LogP contribution is 2.20. The molecule has 0 saturated carbocycles. The van der Waals surface area contributed by atoms with E-state index >= 15 is 0 Å². The lowest BCUT2D eigenvalue weighted by Gasteiger charge is -2.28. The molecule has 1 N–H and O–H groups in total. The Hall–Kier alpha value is -2.60. The van der Waals surface area contributed by atoms with Crippen LogP contribution in [0.4, 0.5) is 4.79 Å². The van der Waals surface area contributed by atoms with Crippen LogP contribution in [0.2, 0.25) is 5.02 Å². The van der Waals surface area contributed by atoms with Crippen LogP contribution in [0.3, 0.4) is 0 Å². The summed E-state index contributed by atoms with van der Waals surface area (Å²) in [4.78, 5) is 18.7. The fraction of sp³-hybridized carbons (Fsp3) is 0.278. The molecule has 3 heterocycles. The predicted octanol–water partition coefficient (Wildman–Crippen LogP) is 2.96. The summed E-state index contributed by atoms with van der Waals surface area (Å²) in [5.41, 5.74) is 5.01. The first-order valence-electron chi connectivity index (χ1n) is 8.20. The monoisotopic (exact) mass is 355 g/mol. The summed E-state index contributed by atoms with van der Waals surface area (Å²) >= 11 is 5.88. The van der Waals surface area contributed by atoms with E-state index in [4.69, 9.17) is 11.6 Å². The van der Waals surface area contributed by atoms with Crippen molar-refractivity contribution in [1.29, 1.82) is 0 Å². The number of amides is 2. The van der Waals surface area contributed by atoms with E-state index in [1.165, 1.54) is 0 Å². The van der Waals surface area contributed by atoms with Crippen molar-refractivity contribution in [3.63, 3.8) is 0 Å². The van der Waals surface area contributed by atoms with Crippen LogP contribution in [0.25, 0.3) is 5.65 Å². The van der Waals surface area contributed by atoms with E-state index in [2.05, 4.69) is 15.4 Å². The minimum absolute atomic E-state index is 0.0719. The van der Waals surface area contributed by atoms with Crippen molar-refractivity contribution >= 4 is 23.3 Å². The van der Waals surface area contributed by atoms with Gasteiger partial charge in [0.1, 0.15) is 0 Å². The number of hydrogen-bond donors (Lipinski definition) is 1. The van der Waals surface area contributed by atoms with Crippen LogP contribution in [0.1, 0.15) is 22.5 Å². The number of hydrogen-bond acceptors (Lipinski definition) is 3. The van der Waals surface area contributed by atoms with Gasteiger partial charge in [-0.2, -0.15) is 5.10 Å². The van der Waals surface area contributed by atoms with E-state index < -0.39 is 0 Å². The Bertz CT molecular complexity index is 935. The quantitative estimate of drug-likeness (QED) is 0.768. The van der Waals surface area contributed by atoms with Gasteiger partial charge in [0.15, 0.2) is 5.65 Å². The second-order valence-corrected chi connectivity index (χ2v) is 6.68. The molecule has 1 aliphatic rings. The molecule has 3 aromatic rings. The molecule has 0 bridgehead atoms. The zero-order chi connectivity index (χ0) is 17.4. The van der Waals surface area contributed by atoms with Gasteiger partial charge in [0.25, 0.3) is 0 Å². The molecule has 6 nitrogen and oxygen atoms in total. The molecule has 2 aromatic heterocycles. The lowest BCUT2D eigenvalue weighted by Crippen LogP contribution is -2.43. The number of aryl methyl sites for hydroxylation is 1. The third-order valence-corrected chi connectivity index (χ3v) is 4.67. The van der Waals surface area contributed by atoms with Crippen molar-refractivity contribution in [2.45, 2.75) is 26.4 Å². The Morgan fingerprint density at radius 1 is 1.32 bits per heavy atom. The van der Waals surface area contributed by atoms with Crippen molar-refractivity contribution in [3.8, 4) is 0 Å². The van der Waals surface area contributed by atoms with E-state index in [1.54, 1.807) is 0 Å². The molecule has 7 heteroatoms. The van der Waals surface area contributed by atoms with Gasteiger partial charge in [0.05, 0.1) is 17.9 Å². The maximum Gasteiger partial charge on any atom is 0.317 e. The molecule has 0 saturated heterocycles. The number of rotatable bonds is 2. The smallest absolute Gasteiger partial charge is 0.317 e. The molecule has 0 unspecified atom stereocenters. The topological polar surface area (TPSA) is 62.5 Å². The number of benzene rings is 1. The van der Waals surface area contributed by atoms with Gasteiger partial charge in [-0.3, -0.25) is 0 Å². The zero-order valence-electron chi connectivity index (χ0n) is 13.9. The first-order chi connectivity index (χ1) is 12.1. The summed E-state index contributed by atoms with van der Waals surface area (Å²) in [6.45, 7) is 3.65. The molecule has 0 fully saturated rings. The first kappa shape index (κ1) is 15.9. The van der Waals surface area contributed by atoms with Gasteiger partial charge >= 0.3 is 6.03 Å². The standard InChI is InChI=1S/C18H18ClN5O/c1-12-8-17-20-10-14-11-23(7-6-16(14)24(17)22-12)18(25)21-9-13-2-4-15(19)5-3-13/h2-5,8,10H,6-7,9,11H2,1H3,(H,21,25). The lowest BCUT2D eigenvalue weighted by molar-refractivity contribution is 0.191. The third kappa shape index (κ3) is 3.17. The van der Waals surface area contributed by atoms with Crippen molar-refractivity contribution < 1.29 is 4.79 Å². The summed E-state index contributed by atoms with van der Waals surface area (Å²) in [5.74, 6) is 0. The van der Waals surface area contributed by atoms with Gasteiger partial charge in [0, 0.05) is 42.4 Å². The van der Waals surface area contributed by atoms with Crippen molar-refractivity contribution in [2.24, 2.45) is 0 Å². The summed E-state index contributed by atoms with van der Waals surface area (Å²) in [5, 5.41) is 8.16. The van der Waals surface area contributed by atoms with Crippen LogP contribution < -0.4 is 5.32 Å². The Kier molecular flexibility index (Phi) is 4.05. The fourth-order valence-corrected chi connectivity index (χ4v) is 3.25. The molecular weight excluding hydrogens is 338 g/mol. The molecule has 128 valence electrons. The largest absolute Gasteiger partial charge is 0.334 e. The van der Waals surface area contributed by atoms with Gasteiger partial charge in [-0.15, -0.1) is 0 Å². The minimum Gasteiger partial charge on any atom is -0.334 e. The molecule has 0 atom stereocenters. The number of halogens is 1. The number of aromatic nitrogens is 3.